The van der Waals surface area contributed by atoms with Gasteiger partial charge in [-0.1, -0.05) is 45.1 Å². The molecule has 0 unspecified atom stereocenters. The van der Waals surface area contributed by atoms with Crippen LogP contribution in [0.5, 0.6) is 11.5 Å². The van der Waals surface area contributed by atoms with Gasteiger partial charge in [0.1, 0.15) is 0 Å². The summed E-state index contributed by atoms with van der Waals surface area (Å²) in [6.45, 7) is 2.66. The van der Waals surface area contributed by atoms with Gasteiger partial charge in [-0.05, 0) is 24.1 Å². The van der Waals surface area contributed by atoms with Gasteiger partial charge in [-0.25, -0.2) is 0 Å². The molecule has 0 fully saturated rings. The molecule has 0 saturated carbocycles. The van der Waals surface area contributed by atoms with Crippen molar-refractivity contribution in [3.8, 4) is 11.5 Å². The molecule has 0 atom stereocenters. The van der Waals surface area contributed by atoms with Crippen LogP contribution in [0.3, 0.4) is 0 Å². The van der Waals surface area contributed by atoms with Crippen LogP contribution in [0.25, 0.3) is 0 Å². The second-order valence-electron chi connectivity index (χ2n) is 6.59. The number of ether oxygens (including phenoxy) is 1. The van der Waals surface area contributed by atoms with E-state index in [1.165, 1.54) is 32.8 Å². The van der Waals surface area contributed by atoms with Gasteiger partial charge in [-0.2, -0.15) is 0 Å². The Hall–Kier alpha value is -2.77. The number of aromatic hydroxyl groups is 1. The second kappa shape index (κ2) is 16.2. The normalized spacial score (nSPS) is 9.86. The van der Waals surface area contributed by atoms with E-state index in [4.69, 9.17) is 14.9 Å². The molecule has 0 spiro atoms. The third-order valence-electron chi connectivity index (χ3n) is 4.04. The Labute approximate surface area is 171 Å². The lowest BCUT2D eigenvalue weighted by molar-refractivity contribution is -0.143. The molecule has 1 rings (SSSR count). The molecule has 0 saturated heterocycles. The summed E-state index contributed by atoms with van der Waals surface area (Å²) in [6, 6.07) is 5.09. The van der Waals surface area contributed by atoms with Crippen LogP contribution in [0, 0.1) is 0 Å². The molecular formula is C21H33NO7. The molecule has 0 aromatic heterocycles. The van der Waals surface area contributed by atoms with E-state index < -0.39 is 11.9 Å². The van der Waals surface area contributed by atoms with E-state index in [1.54, 1.807) is 18.2 Å². The highest BCUT2D eigenvalue weighted by atomic mass is 16.5. The SMILES string of the molecule is CCCCCCCCC(=O)NCc1ccc(O)c(OC)c1.O=C(O)CCC(=O)O. The number of carboxylic acids is 2. The number of phenols is 1. The fourth-order valence-electron chi connectivity index (χ4n) is 2.40. The monoisotopic (exact) mass is 411 g/mol. The Morgan fingerprint density at radius 2 is 1.52 bits per heavy atom. The second-order valence-corrected chi connectivity index (χ2v) is 6.59. The average molecular weight is 411 g/mol. The Bertz CT molecular complexity index is 617. The van der Waals surface area contributed by atoms with Gasteiger partial charge in [0.2, 0.25) is 5.91 Å². The third kappa shape index (κ3) is 14.9. The van der Waals surface area contributed by atoms with Crippen LogP contribution in [0.15, 0.2) is 18.2 Å². The molecule has 0 aliphatic heterocycles. The summed E-state index contributed by atoms with van der Waals surface area (Å²) < 4.78 is 5.04. The summed E-state index contributed by atoms with van der Waals surface area (Å²) in [6.07, 6.45) is 7.09. The zero-order valence-corrected chi connectivity index (χ0v) is 17.3. The summed E-state index contributed by atoms with van der Waals surface area (Å²) in [5, 5.41) is 28.2. The van der Waals surface area contributed by atoms with E-state index in [1.807, 2.05) is 0 Å². The standard InChI is InChI=1S/C17H27NO3.C4H6O4/c1-3-4-5-6-7-8-9-17(20)18-13-14-10-11-15(19)16(12-14)21-2;5-3(6)1-2-4(7)8/h10-12,19H,3-9,13H2,1-2H3,(H,18,20);1-2H2,(H,5,6)(H,7,8). The maximum Gasteiger partial charge on any atom is 0.303 e. The zero-order valence-electron chi connectivity index (χ0n) is 17.3. The Morgan fingerprint density at radius 1 is 0.931 bits per heavy atom. The lowest BCUT2D eigenvalue weighted by atomic mass is 10.1. The minimum Gasteiger partial charge on any atom is -0.504 e. The number of carbonyl (C=O) groups is 3. The van der Waals surface area contributed by atoms with Crippen LogP contribution in [-0.2, 0) is 20.9 Å². The molecule has 164 valence electrons. The summed E-state index contributed by atoms with van der Waals surface area (Å²) in [5.74, 6) is -1.53. The topological polar surface area (TPSA) is 133 Å². The molecule has 1 aromatic rings. The van der Waals surface area contributed by atoms with Crippen molar-refractivity contribution >= 4 is 17.8 Å². The smallest absolute Gasteiger partial charge is 0.303 e. The molecule has 0 aliphatic rings. The van der Waals surface area contributed by atoms with Gasteiger partial charge in [0.25, 0.3) is 0 Å². The van der Waals surface area contributed by atoms with Crippen LogP contribution in [0.4, 0.5) is 0 Å². The number of nitrogens with one attached hydrogen (secondary N) is 1. The highest BCUT2D eigenvalue weighted by Gasteiger charge is 2.05. The molecule has 0 bridgehead atoms. The molecule has 1 aromatic carbocycles. The van der Waals surface area contributed by atoms with E-state index in [-0.39, 0.29) is 24.5 Å². The van der Waals surface area contributed by atoms with Crippen molar-refractivity contribution in [2.75, 3.05) is 7.11 Å². The summed E-state index contributed by atoms with van der Waals surface area (Å²) in [5.41, 5.74) is 0.918. The molecule has 29 heavy (non-hydrogen) atoms. The zero-order chi connectivity index (χ0) is 22.1. The largest absolute Gasteiger partial charge is 0.504 e. The van der Waals surface area contributed by atoms with Crippen molar-refractivity contribution in [2.24, 2.45) is 0 Å². The number of phenolic OH excluding ortho intramolecular Hbond substituents is 1. The molecule has 4 N–H and O–H groups in total. The lowest BCUT2D eigenvalue weighted by Gasteiger charge is -2.08. The summed E-state index contributed by atoms with van der Waals surface area (Å²) in [7, 11) is 1.51. The van der Waals surface area contributed by atoms with Crippen molar-refractivity contribution in [1.29, 1.82) is 0 Å². The van der Waals surface area contributed by atoms with Crippen LogP contribution in [-0.4, -0.2) is 40.3 Å². The maximum atomic E-state index is 11.7. The number of rotatable bonds is 13. The number of carboxylic acid groups (broad SMARTS) is 2. The minimum atomic E-state index is -1.08. The lowest BCUT2D eigenvalue weighted by Crippen LogP contribution is -2.22. The first-order valence-electron chi connectivity index (χ1n) is 9.86. The van der Waals surface area contributed by atoms with E-state index in [0.29, 0.717) is 18.7 Å². The molecule has 0 aliphatic carbocycles. The van der Waals surface area contributed by atoms with E-state index >= 15 is 0 Å². The van der Waals surface area contributed by atoms with Gasteiger partial charge in [0.05, 0.1) is 20.0 Å². The van der Waals surface area contributed by atoms with Crippen molar-refractivity contribution in [3.63, 3.8) is 0 Å². The van der Waals surface area contributed by atoms with Crippen LogP contribution in [0.2, 0.25) is 0 Å². The first-order valence-corrected chi connectivity index (χ1v) is 9.86. The maximum absolute atomic E-state index is 11.7. The first-order chi connectivity index (χ1) is 13.8. The molecule has 0 heterocycles. The highest BCUT2D eigenvalue weighted by Crippen LogP contribution is 2.26. The third-order valence-corrected chi connectivity index (χ3v) is 4.04. The molecule has 8 nitrogen and oxygen atoms in total. The van der Waals surface area contributed by atoms with Crippen LogP contribution in [0.1, 0.15) is 70.3 Å². The first kappa shape index (κ1) is 26.2. The van der Waals surface area contributed by atoms with Gasteiger partial charge >= 0.3 is 11.9 Å². The fraction of sp³-hybridized carbons (Fsp3) is 0.571. The number of carbonyl (C=O) groups excluding carboxylic acids is 1. The Morgan fingerprint density at radius 3 is 2.07 bits per heavy atom. The van der Waals surface area contributed by atoms with Crippen molar-refractivity contribution in [3.05, 3.63) is 23.8 Å². The quantitative estimate of drug-likeness (QED) is 0.364. The number of hydrogen-bond acceptors (Lipinski definition) is 5. The Kier molecular flexibility index (Phi) is 14.7. The van der Waals surface area contributed by atoms with Crippen molar-refractivity contribution in [2.45, 2.75) is 71.3 Å². The molecular weight excluding hydrogens is 378 g/mol. The fourth-order valence-corrected chi connectivity index (χ4v) is 2.40. The van der Waals surface area contributed by atoms with E-state index in [2.05, 4.69) is 12.2 Å². The van der Waals surface area contributed by atoms with Gasteiger partial charge in [0.15, 0.2) is 11.5 Å². The molecule has 0 radical (unpaired) electrons. The Balaban J connectivity index is 0.000000828. The van der Waals surface area contributed by atoms with E-state index in [0.717, 1.165) is 18.4 Å². The number of benzene rings is 1. The predicted octanol–water partition coefficient (Wildman–Crippen LogP) is 3.70. The number of methoxy groups -OCH3 is 1. The van der Waals surface area contributed by atoms with Crippen LogP contribution < -0.4 is 10.1 Å². The predicted molar refractivity (Wildman–Crippen MR) is 109 cm³/mol. The summed E-state index contributed by atoms with van der Waals surface area (Å²) in [4.78, 5) is 31.0. The van der Waals surface area contributed by atoms with Gasteiger partial charge < -0.3 is 25.4 Å². The van der Waals surface area contributed by atoms with Gasteiger partial charge in [-0.3, -0.25) is 14.4 Å². The highest BCUT2D eigenvalue weighted by molar-refractivity contribution is 5.76. The van der Waals surface area contributed by atoms with Crippen molar-refractivity contribution < 1.29 is 34.4 Å². The van der Waals surface area contributed by atoms with Crippen molar-refractivity contribution in [1.82, 2.24) is 5.32 Å². The van der Waals surface area contributed by atoms with Gasteiger partial charge in [-0.15, -0.1) is 0 Å². The minimum absolute atomic E-state index is 0.0810. The number of unbranched alkanes of at least 4 members (excludes halogenated alkanes) is 5. The molecule has 1 amide bonds. The number of hydrogen-bond donors (Lipinski definition) is 4. The summed E-state index contributed by atoms with van der Waals surface area (Å²) >= 11 is 0. The number of amides is 1. The number of aliphatic carboxylic acids is 2. The van der Waals surface area contributed by atoms with Gasteiger partial charge in [0, 0.05) is 13.0 Å². The van der Waals surface area contributed by atoms with E-state index in [9.17, 15) is 19.5 Å². The average Bonchev–Trinajstić information content (AvgIpc) is 2.69. The molecule has 8 heteroatoms. The van der Waals surface area contributed by atoms with Crippen LogP contribution >= 0.6 is 0 Å².